The number of aliphatic hydroxyl groups excluding tert-OH is 1. The second kappa shape index (κ2) is 6.62. The molecule has 0 bridgehead atoms. The van der Waals surface area contributed by atoms with E-state index in [0.29, 0.717) is 43.3 Å². The molecule has 1 atom stereocenters. The number of carbonyl (C=O) groups is 2. The molecule has 138 valence electrons. The quantitative estimate of drug-likeness (QED) is 0.577. The summed E-state index contributed by atoms with van der Waals surface area (Å²) in [7, 11) is 4.91. The molecule has 1 saturated carbocycles. The number of nitrogens with one attached hydrogen (secondary N) is 1. The molecule has 1 aromatic rings. The summed E-state index contributed by atoms with van der Waals surface area (Å²) in [5, 5.41) is 19.5. The number of anilines is 1. The van der Waals surface area contributed by atoms with E-state index in [9.17, 15) is 14.7 Å². The number of nitrogens with zero attached hydrogens (tertiary/aromatic N) is 4. The maximum atomic E-state index is 12.9. The van der Waals surface area contributed by atoms with Gasteiger partial charge in [0, 0.05) is 20.6 Å². The fourth-order valence-electron chi connectivity index (χ4n) is 3.41. The van der Waals surface area contributed by atoms with E-state index in [1.807, 2.05) is 0 Å². The maximum absolute atomic E-state index is 12.9. The lowest BCUT2D eigenvalue weighted by molar-refractivity contribution is -0.146. The number of amides is 1. The first-order chi connectivity index (χ1) is 11.8. The molecule has 10 nitrogen and oxygen atoms in total. The standard InChI is InChI=1S/C15H23N5O5/c1-18-10(6-16-25-3)17-12-11(18)13(21)20(15(24)19(12)2)7-8-4-9(5-8)14(22)23/h8-9,15-16,24H,4-7H2,1-3H3,(H,22,23). The summed E-state index contributed by atoms with van der Waals surface area (Å²) < 4.78 is 1.68. The van der Waals surface area contributed by atoms with E-state index in [2.05, 4.69) is 10.5 Å². The van der Waals surface area contributed by atoms with Crippen molar-refractivity contribution in [3.8, 4) is 0 Å². The van der Waals surface area contributed by atoms with Crippen LogP contribution in [-0.2, 0) is 23.2 Å². The Bertz CT molecular complexity index is 684. The lowest BCUT2D eigenvalue weighted by Crippen LogP contribution is -2.56. The first kappa shape index (κ1) is 17.6. The predicted octanol–water partition coefficient (Wildman–Crippen LogP) is -0.650. The van der Waals surface area contributed by atoms with Crippen LogP contribution in [0.5, 0.6) is 0 Å². The number of rotatable bonds is 6. The molecule has 2 aliphatic rings. The van der Waals surface area contributed by atoms with E-state index in [1.54, 1.807) is 23.6 Å². The molecule has 2 heterocycles. The molecule has 1 aliphatic heterocycles. The summed E-state index contributed by atoms with van der Waals surface area (Å²) in [6.07, 6.45) is -0.0739. The zero-order chi connectivity index (χ0) is 18.3. The van der Waals surface area contributed by atoms with Crippen LogP contribution in [0.25, 0.3) is 0 Å². The highest BCUT2D eigenvalue weighted by Gasteiger charge is 2.43. The number of carbonyl (C=O) groups excluding carboxylic acids is 1. The minimum Gasteiger partial charge on any atom is -0.481 e. The van der Waals surface area contributed by atoms with Crippen molar-refractivity contribution in [3.63, 3.8) is 0 Å². The van der Waals surface area contributed by atoms with Crippen molar-refractivity contribution in [2.45, 2.75) is 25.7 Å². The van der Waals surface area contributed by atoms with Gasteiger partial charge in [-0.1, -0.05) is 0 Å². The van der Waals surface area contributed by atoms with Gasteiger partial charge in [0.2, 0.25) is 6.35 Å². The molecular weight excluding hydrogens is 330 g/mol. The van der Waals surface area contributed by atoms with E-state index in [1.165, 1.54) is 12.0 Å². The van der Waals surface area contributed by atoms with Crippen molar-refractivity contribution in [2.75, 3.05) is 25.6 Å². The number of imidazole rings is 1. The van der Waals surface area contributed by atoms with Crippen molar-refractivity contribution in [1.82, 2.24) is 19.9 Å². The van der Waals surface area contributed by atoms with Gasteiger partial charge in [-0.3, -0.25) is 14.5 Å². The number of aromatic nitrogens is 2. The molecule has 1 aliphatic carbocycles. The van der Waals surface area contributed by atoms with Gasteiger partial charge in [0.25, 0.3) is 5.91 Å². The summed E-state index contributed by atoms with van der Waals surface area (Å²) >= 11 is 0. The third-order valence-corrected chi connectivity index (χ3v) is 5.01. The molecular formula is C15H23N5O5. The average molecular weight is 353 g/mol. The second-order valence-electron chi connectivity index (χ2n) is 6.57. The van der Waals surface area contributed by atoms with Crippen LogP contribution >= 0.6 is 0 Å². The highest BCUT2D eigenvalue weighted by molar-refractivity contribution is 5.99. The molecule has 0 radical (unpaired) electrons. The number of fused-ring (bicyclic) bond motifs is 1. The Morgan fingerprint density at radius 1 is 1.40 bits per heavy atom. The van der Waals surface area contributed by atoms with Gasteiger partial charge in [0.05, 0.1) is 19.6 Å². The van der Waals surface area contributed by atoms with E-state index < -0.39 is 12.3 Å². The molecule has 1 unspecified atom stereocenters. The first-order valence-corrected chi connectivity index (χ1v) is 8.11. The zero-order valence-electron chi connectivity index (χ0n) is 14.5. The van der Waals surface area contributed by atoms with E-state index in [-0.39, 0.29) is 17.7 Å². The summed E-state index contributed by atoms with van der Waals surface area (Å²) in [5.74, 6) is -0.353. The van der Waals surface area contributed by atoms with E-state index in [4.69, 9.17) is 9.94 Å². The Morgan fingerprint density at radius 2 is 2.08 bits per heavy atom. The number of hydrogen-bond donors (Lipinski definition) is 3. The minimum absolute atomic E-state index is 0.0810. The van der Waals surface area contributed by atoms with Crippen LogP contribution < -0.4 is 10.4 Å². The fourth-order valence-corrected chi connectivity index (χ4v) is 3.41. The van der Waals surface area contributed by atoms with E-state index in [0.717, 1.165) is 0 Å². The number of aliphatic hydroxyl groups is 1. The third kappa shape index (κ3) is 2.96. The van der Waals surface area contributed by atoms with Gasteiger partial charge < -0.3 is 24.5 Å². The molecule has 1 aromatic heterocycles. The second-order valence-corrected chi connectivity index (χ2v) is 6.57. The summed E-state index contributed by atoms with van der Waals surface area (Å²) in [4.78, 5) is 36.0. The average Bonchev–Trinajstić information content (AvgIpc) is 2.85. The van der Waals surface area contributed by atoms with E-state index >= 15 is 0 Å². The van der Waals surface area contributed by atoms with Gasteiger partial charge in [-0.15, -0.1) is 0 Å². The Morgan fingerprint density at radius 3 is 2.68 bits per heavy atom. The summed E-state index contributed by atoms with van der Waals surface area (Å²) in [6, 6.07) is 0. The SMILES string of the molecule is CONCc1nc2c(n1C)C(=O)N(CC1CC(C(=O)O)C1)C(O)N2C. The van der Waals surface area contributed by atoms with Crippen LogP contribution in [0.2, 0.25) is 0 Å². The topological polar surface area (TPSA) is 120 Å². The summed E-state index contributed by atoms with van der Waals surface area (Å²) in [6.45, 7) is 0.643. The molecule has 1 amide bonds. The third-order valence-electron chi connectivity index (χ3n) is 5.01. The highest BCUT2D eigenvalue weighted by Crippen LogP contribution is 2.37. The van der Waals surface area contributed by atoms with Crippen molar-refractivity contribution >= 4 is 17.7 Å². The Labute approximate surface area is 144 Å². The van der Waals surface area contributed by atoms with Gasteiger partial charge in [-0.25, -0.2) is 4.98 Å². The highest BCUT2D eigenvalue weighted by atomic mass is 16.6. The lowest BCUT2D eigenvalue weighted by atomic mass is 9.74. The molecule has 3 rings (SSSR count). The Hall–Kier alpha value is -2.17. The maximum Gasteiger partial charge on any atom is 0.306 e. The number of hydroxylamine groups is 1. The van der Waals surface area contributed by atoms with Gasteiger partial charge in [-0.2, -0.15) is 5.48 Å². The minimum atomic E-state index is -1.12. The van der Waals surface area contributed by atoms with Crippen LogP contribution in [0.15, 0.2) is 0 Å². The molecule has 25 heavy (non-hydrogen) atoms. The molecule has 3 N–H and O–H groups in total. The van der Waals surface area contributed by atoms with Crippen molar-refractivity contribution in [2.24, 2.45) is 18.9 Å². The number of carboxylic acids is 1. The zero-order valence-corrected chi connectivity index (χ0v) is 14.5. The predicted molar refractivity (Wildman–Crippen MR) is 86.4 cm³/mol. The Kier molecular flexibility index (Phi) is 4.67. The van der Waals surface area contributed by atoms with Crippen molar-refractivity contribution < 1.29 is 24.6 Å². The largest absolute Gasteiger partial charge is 0.481 e. The van der Waals surface area contributed by atoms with Crippen LogP contribution in [0.3, 0.4) is 0 Å². The van der Waals surface area contributed by atoms with Crippen molar-refractivity contribution in [1.29, 1.82) is 0 Å². The fraction of sp³-hybridized carbons (Fsp3) is 0.667. The number of hydrogen-bond acceptors (Lipinski definition) is 7. The van der Waals surface area contributed by atoms with Gasteiger partial charge >= 0.3 is 5.97 Å². The van der Waals surface area contributed by atoms with Gasteiger partial charge in [-0.05, 0) is 18.8 Å². The van der Waals surface area contributed by atoms with Crippen LogP contribution in [-0.4, -0.2) is 63.6 Å². The Balaban J connectivity index is 1.79. The molecule has 0 aromatic carbocycles. The van der Waals surface area contributed by atoms with Crippen LogP contribution in [0, 0.1) is 11.8 Å². The van der Waals surface area contributed by atoms with Crippen LogP contribution in [0.4, 0.5) is 5.82 Å². The number of aliphatic carboxylic acids is 1. The molecule has 0 saturated heterocycles. The molecule has 1 fully saturated rings. The number of carboxylic acid groups (broad SMARTS) is 1. The van der Waals surface area contributed by atoms with Crippen molar-refractivity contribution in [3.05, 3.63) is 11.5 Å². The van der Waals surface area contributed by atoms with Gasteiger partial charge in [0.1, 0.15) is 5.82 Å². The molecule has 10 heteroatoms. The smallest absolute Gasteiger partial charge is 0.306 e. The summed E-state index contributed by atoms with van der Waals surface area (Å²) in [5.41, 5.74) is 3.09. The monoisotopic (exact) mass is 353 g/mol. The lowest BCUT2D eigenvalue weighted by Gasteiger charge is -2.42. The molecule has 0 spiro atoms. The van der Waals surface area contributed by atoms with Crippen LogP contribution in [0.1, 0.15) is 29.2 Å². The first-order valence-electron chi connectivity index (χ1n) is 8.11. The normalized spacial score (nSPS) is 25.8. The van der Waals surface area contributed by atoms with Gasteiger partial charge in [0.15, 0.2) is 11.5 Å².